The average molecular weight is 1010 g/mol. The van der Waals surface area contributed by atoms with E-state index in [1.807, 2.05) is 19.2 Å². The van der Waals surface area contributed by atoms with Crippen LogP contribution in [0.25, 0.3) is 0 Å². The minimum Gasteiger partial charge on any atom is -0.465 e. The number of nitrogens with two attached hydrogens (primary N) is 2. The van der Waals surface area contributed by atoms with Gasteiger partial charge >= 0.3 is 5.97 Å². The van der Waals surface area contributed by atoms with Crippen molar-refractivity contribution in [3.05, 3.63) is 46.9 Å². The number of esters is 1. The maximum absolute atomic E-state index is 15.2. The number of allylic oxidation sites excluding steroid dienone is 3. The van der Waals surface area contributed by atoms with Crippen LogP contribution in [0.5, 0.6) is 0 Å². The van der Waals surface area contributed by atoms with Crippen LogP contribution in [0.4, 0.5) is 0 Å². The largest absolute Gasteiger partial charge is 0.465 e. The molecule has 1 aromatic heterocycles. The van der Waals surface area contributed by atoms with Crippen molar-refractivity contribution in [1.82, 2.24) is 10.3 Å². The number of carbonyl (C=O) groups excluding carboxylic acids is 3. The van der Waals surface area contributed by atoms with Crippen molar-refractivity contribution in [3.8, 4) is 11.8 Å². The summed E-state index contributed by atoms with van der Waals surface area (Å²) in [5.74, 6) is 1.79. The van der Waals surface area contributed by atoms with E-state index in [0.717, 1.165) is 24.8 Å². The third-order valence-corrected chi connectivity index (χ3v) is 20.6. The minimum atomic E-state index is -1.97. The number of carbonyl (C=O) groups is 3. The number of ketones is 2. The van der Waals surface area contributed by atoms with Gasteiger partial charge in [0.25, 0.3) is 0 Å². The van der Waals surface area contributed by atoms with Crippen LogP contribution in [0.3, 0.4) is 0 Å². The van der Waals surface area contributed by atoms with Gasteiger partial charge in [-0.1, -0.05) is 37.3 Å². The summed E-state index contributed by atoms with van der Waals surface area (Å²) in [6.45, 7) is 6.85. The van der Waals surface area contributed by atoms with Crippen molar-refractivity contribution in [1.29, 1.82) is 0 Å². The Hall–Kier alpha value is -4.08. The Bertz CT molecular complexity index is 2390. The van der Waals surface area contributed by atoms with Crippen LogP contribution in [0.2, 0.25) is 0 Å². The summed E-state index contributed by atoms with van der Waals surface area (Å²) < 4.78 is 5.94. The summed E-state index contributed by atoms with van der Waals surface area (Å²) >= 11 is 0. The second-order valence-electron chi connectivity index (χ2n) is 24.6. The molecule has 0 radical (unpaired) electrons. The predicted molar refractivity (Wildman–Crippen MR) is 272 cm³/mol. The number of guanidine groups is 1. The van der Waals surface area contributed by atoms with Crippen LogP contribution in [0.15, 0.2) is 46.4 Å². The molecule has 8 aliphatic rings. The molecule has 16 heteroatoms. The Morgan fingerprint density at radius 2 is 1.75 bits per heavy atom. The Morgan fingerprint density at radius 3 is 2.45 bits per heavy atom. The highest BCUT2D eigenvalue weighted by atomic mass is 16.5. The third kappa shape index (κ3) is 9.32. The predicted octanol–water partition coefficient (Wildman–Crippen LogP) is 3.37. The van der Waals surface area contributed by atoms with Crippen LogP contribution < -0.4 is 16.8 Å². The first-order valence-corrected chi connectivity index (χ1v) is 27.5. The summed E-state index contributed by atoms with van der Waals surface area (Å²) in [6, 6.07) is 1.91. The molecular formula is C57H83N5O11. The first kappa shape index (κ1) is 53.7. The Balaban J connectivity index is 1.28. The highest BCUT2D eigenvalue weighted by Crippen LogP contribution is 2.73. The molecule has 0 amide bonds. The van der Waals surface area contributed by atoms with E-state index >= 15 is 4.79 Å². The van der Waals surface area contributed by atoms with Gasteiger partial charge in [-0.3, -0.25) is 19.4 Å². The summed E-state index contributed by atoms with van der Waals surface area (Å²) in [4.78, 5) is 49.5. The quantitative estimate of drug-likeness (QED) is 0.0471. The first-order chi connectivity index (χ1) is 34.7. The SMILES string of the molecule is CC(=O)CNC1=C2C(CCC3(CCN=C(N)N)C4C(CC23O)C(CCCO)C#CC(C2COC(=O)C2c2cc[nH]c2)CC2C3CC(C)CCC3=CCC2C(CO)CC(O)C4(C)O)C2(C)CC(O)C(O)CC2C1=O. The van der Waals surface area contributed by atoms with Gasteiger partial charge in [-0.15, -0.1) is 0 Å². The normalized spacial score (nSPS) is 44.4. The molecule has 7 aliphatic carbocycles. The summed E-state index contributed by atoms with van der Waals surface area (Å²) in [7, 11) is 0. The number of nitrogens with zero attached hydrogens (tertiary/aromatic N) is 1. The number of aromatic amines is 1. The zero-order valence-corrected chi connectivity index (χ0v) is 43.3. The Morgan fingerprint density at radius 1 is 0.973 bits per heavy atom. The van der Waals surface area contributed by atoms with Crippen molar-refractivity contribution in [3.63, 3.8) is 0 Å². The molecule has 16 nitrogen and oxygen atoms in total. The number of aliphatic hydroxyl groups excluding tert-OH is 5. The molecule has 0 bridgehead atoms. The molecule has 9 rings (SSSR count). The Labute approximate surface area is 430 Å². The lowest BCUT2D eigenvalue weighted by Gasteiger charge is -2.62. The van der Waals surface area contributed by atoms with Gasteiger partial charge in [-0.05, 0) is 168 Å². The van der Waals surface area contributed by atoms with Gasteiger partial charge in [0.05, 0.1) is 54.3 Å². The molecule has 4 saturated carbocycles. The topological polar surface area (TPSA) is 294 Å². The number of cyclic esters (lactones) is 1. The summed E-state index contributed by atoms with van der Waals surface area (Å²) in [5.41, 5.74) is 8.55. The molecule has 0 spiro atoms. The van der Waals surface area contributed by atoms with Gasteiger partial charge < -0.3 is 62.3 Å². The zero-order valence-electron chi connectivity index (χ0n) is 43.3. The second kappa shape index (κ2) is 20.8. The van der Waals surface area contributed by atoms with E-state index in [2.05, 4.69) is 40.1 Å². The molecule has 402 valence electrons. The van der Waals surface area contributed by atoms with Crippen LogP contribution in [-0.2, 0) is 19.1 Å². The second-order valence-corrected chi connectivity index (χ2v) is 24.6. The Kier molecular flexibility index (Phi) is 15.3. The number of H-pyrrole nitrogens is 1. The average Bonchev–Trinajstić information content (AvgIpc) is 4.07. The number of hydrogen-bond donors (Lipinski definition) is 11. The third-order valence-electron chi connectivity index (χ3n) is 20.6. The van der Waals surface area contributed by atoms with Crippen LogP contribution in [0, 0.1) is 93.7 Å². The summed E-state index contributed by atoms with van der Waals surface area (Å²) in [6.07, 6.45) is 8.14. The molecule has 20 unspecified atom stereocenters. The highest BCUT2D eigenvalue weighted by molar-refractivity contribution is 6.00. The number of hydrogen-bond acceptors (Lipinski definition) is 13. The number of nitrogens with one attached hydrogen (secondary N) is 2. The van der Waals surface area contributed by atoms with Gasteiger partial charge in [0, 0.05) is 67.2 Å². The van der Waals surface area contributed by atoms with Gasteiger partial charge in [-0.25, -0.2) is 0 Å². The molecule has 5 fully saturated rings. The molecule has 1 saturated heterocycles. The fourth-order valence-corrected chi connectivity index (χ4v) is 17.2. The maximum Gasteiger partial charge on any atom is 0.313 e. The van der Waals surface area contributed by atoms with E-state index in [1.165, 1.54) is 12.5 Å². The molecule has 73 heavy (non-hydrogen) atoms. The molecule has 0 aromatic carbocycles. The molecule has 13 N–H and O–H groups in total. The van der Waals surface area contributed by atoms with Crippen molar-refractivity contribution in [2.75, 3.05) is 32.9 Å². The van der Waals surface area contributed by atoms with Gasteiger partial charge in [-0.2, -0.15) is 0 Å². The molecule has 1 aliphatic heterocycles. The summed E-state index contributed by atoms with van der Waals surface area (Å²) in [5, 5.41) is 89.0. The number of ether oxygens (including phenoxy) is 1. The number of Topliss-reactive ketones (excluding diaryl/α,β-unsaturated/α-hetero) is 2. The van der Waals surface area contributed by atoms with Gasteiger partial charge in [0.2, 0.25) is 0 Å². The van der Waals surface area contributed by atoms with E-state index in [0.29, 0.717) is 43.6 Å². The van der Waals surface area contributed by atoms with Crippen LogP contribution in [0.1, 0.15) is 129 Å². The smallest absolute Gasteiger partial charge is 0.313 e. The number of aliphatic hydroxyl groups is 7. The van der Waals surface area contributed by atoms with Crippen molar-refractivity contribution in [2.45, 2.75) is 153 Å². The van der Waals surface area contributed by atoms with Crippen LogP contribution >= 0.6 is 0 Å². The molecule has 1 aromatic rings. The minimum absolute atomic E-state index is 0.000931. The molecular weight excluding hydrogens is 931 g/mol. The maximum atomic E-state index is 15.2. The fraction of sp³-hybridized carbons (Fsp3) is 0.754. The standard InChI is InChI=1S/C57H83N5O11/c1-30-7-8-33-11-12-37-36(28-64)22-46(68)55(4,71)51-40(32(6-5-19-63)9-10-34(21-39(37)38(33)20-30)41-29-73-52(70)47(41)35-14-17-60-27-35)24-57(72)48-42(13-15-56(51,57)16-18-61-53(58)59)54(3)25-45(67)44(66)23-43(54)50(69)49(48)62-26-31(2)65/h11,14,17,27,30,32,34,36-47,51,60,62-64,66-68,71-72H,5-8,12-13,15-16,18-26,28-29H2,1-4H3,(H4,58,59,61). The first-order valence-electron chi connectivity index (χ1n) is 27.5. The number of fused-ring (bicyclic) bond motifs is 10. The zero-order chi connectivity index (χ0) is 52.4. The van der Waals surface area contributed by atoms with Gasteiger partial charge in [0.15, 0.2) is 11.7 Å². The number of aromatic nitrogens is 1. The molecule has 2 heterocycles. The number of rotatable bonds is 12. The van der Waals surface area contributed by atoms with E-state index in [-0.39, 0.29) is 130 Å². The monoisotopic (exact) mass is 1010 g/mol. The van der Waals surface area contributed by atoms with E-state index in [1.54, 1.807) is 13.1 Å². The lowest BCUT2D eigenvalue weighted by molar-refractivity contribution is -0.192. The van der Waals surface area contributed by atoms with Gasteiger partial charge in [0.1, 0.15) is 5.78 Å². The van der Waals surface area contributed by atoms with Crippen LogP contribution in [-0.4, -0.2) is 127 Å². The van der Waals surface area contributed by atoms with E-state index < -0.39 is 81.8 Å². The fourth-order valence-electron chi connectivity index (χ4n) is 17.2. The highest BCUT2D eigenvalue weighted by Gasteiger charge is 2.75. The van der Waals surface area contributed by atoms with E-state index in [9.17, 15) is 45.3 Å². The van der Waals surface area contributed by atoms with Crippen molar-refractivity contribution < 1.29 is 54.9 Å². The lowest BCUT2D eigenvalue weighted by Crippen LogP contribution is -2.65. The molecule has 20 atom stereocenters. The van der Waals surface area contributed by atoms with E-state index in [4.69, 9.17) is 16.2 Å². The van der Waals surface area contributed by atoms with Crippen molar-refractivity contribution >= 4 is 23.5 Å². The van der Waals surface area contributed by atoms with Crippen molar-refractivity contribution in [2.24, 2.45) is 98.3 Å². The number of aliphatic imine (C=N–C) groups is 1. The lowest BCUT2D eigenvalue weighted by atomic mass is 9.44.